The smallest absolute Gasteiger partial charge is 0.319 e. The molecule has 0 bridgehead atoms. The minimum absolute atomic E-state index is 0.00753. The molecule has 0 spiro atoms. The monoisotopic (exact) mass is 412 g/mol. The topological polar surface area (TPSA) is 69.9 Å². The van der Waals surface area contributed by atoms with Crippen LogP contribution in [0.3, 0.4) is 0 Å². The van der Waals surface area contributed by atoms with Gasteiger partial charge in [0, 0.05) is 45.2 Å². The summed E-state index contributed by atoms with van der Waals surface area (Å²) in [7, 11) is 0. The van der Waals surface area contributed by atoms with Gasteiger partial charge in [-0.05, 0) is 51.7 Å². The Morgan fingerprint density at radius 3 is 2.50 bits per heavy atom. The Hall–Kier alpha value is -2.57. The fraction of sp³-hybridized carbons (Fsp3) is 0.609. The van der Waals surface area contributed by atoms with E-state index < -0.39 is 0 Å². The number of para-hydroxylation sites is 2. The summed E-state index contributed by atoms with van der Waals surface area (Å²) < 4.78 is 5.97. The third kappa shape index (κ3) is 4.16. The zero-order chi connectivity index (χ0) is 21.1. The summed E-state index contributed by atoms with van der Waals surface area (Å²) in [6, 6.07) is 7.90. The minimum atomic E-state index is 0.00753. The Labute approximate surface area is 178 Å². The molecule has 2 aliphatic rings. The number of aromatic nitrogens is 1. The normalized spacial score (nSPS) is 20.5. The third-order valence-electron chi connectivity index (χ3n) is 6.54. The van der Waals surface area contributed by atoms with E-state index in [1.54, 1.807) is 0 Å². The van der Waals surface area contributed by atoms with Gasteiger partial charge in [0.2, 0.25) is 5.91 Å². The molecule has 3 heterocycles. The van der Waals surface area contributed by atoms with Crippen molar-refractivity contribution in [2.75, 3.05) is 39.3 Å². The SMILES string of the molecule is CCN(CC)C(=O)N1CCC(C(=O)N2CCCC(c3nc4ccccc4o3)C2)CC1. The molecule has 2 aromatic rings. The number of rotatable bonds is 4. The Kier molecular flexibility index (Phi) is 6.25. The quantitative estimate of drug-likeness (QED) is 0.768. The molecule has 1 unspecified atom stereocenters. The van der Waals surface area contributed by atoms with Crippen LogP contribution in [0.25, 0.3) is 11.1 Å². The summed E-state index contributed by atoms with van der Waals surface area (Å²) in [6.07, 6.45) is 3.45. The zero-order valence-corrected chi connectivity index (χ0v) is 18.0. The molecule has 30 heavy (non-hydrogen) atoms. The van der Waals surface area contributed by atoms with E-state index in [1.807, 2.05) is 52.8 Å². The largest absolute Gasteiger partial charge is 0.440 e. The van der Waals surface area contributed by atoms with Gasteiger partial charge in [0.1, 0.15) is 5.52 Å². The predicted molar refractivity (Wildman–Crippen MR) is 115 cm³/mol. The van der Waals surface area contributed by atoms with E-state index in [0.717, 1.165) is 62.3 Å². The molecule has 2 saturated heterocycles. The van der Waals surface area contributed by atoms with Crippen molar-refractivity contribution in [1.29, 1.82) is 0 Å². The molecule has 1 aromatic carbocycles. The van der Waals surface area contributed by atoms with Crippen LogP contribution < -0.4 is 0 Å². The molecule has 0 N–H and O–H groups in total. The number of likely N-dealkylation sites (tertiary alicyclic amines) is 2. The van der Waals surface area contributed by atoms with Crippen LogP contribution in [0.4, 0.5) is 4.79 Å². The van der Waals surface area contributed by atoms with E-state index in [1.165, 1.54) is 0 Å². The van der Waals surface area contributed by atoms with E-state index in [4.69, 9.17) is 4.42 Å². The van der Waals surface area contributed by atoms with Crippen LogP contribution in [-0.2, 0) is 4.79 Å². The highest BCUT2D eigenvalue weighted by Crippen LogP contribution is 2.31. The summed E-state index contributed by atoms with van der Waals surface area (Å²) in [5.74, 6) is 1.13. The van der Waals surface area contributed by atoms with E-state index in [9.17, 15) is 9.59 Å². The van der Waals surface area contributed by atoms with Crippen molar-refractivity contribution in [1.82, 2.24) is 19.7 Å². The number of hydrogen-bond acceptors (Lipinski definition) is 4. The molecular weight excluding hydrogens is 380 g/mol. The lowest BCUT2D eigenvalue weighted by molar-refractivity contribution is -0.138. The number of urea groups is 1. The Bertz CT molecular complexity index is 850. The van der Waals surface area contributed by atoms with Gasteiger partial charge in [-0.15, -0.1) is 0 Å². The van der Waals surface area contributed by atoms with E-state index in [0.29, 0.717) is 19.6 Å². The third-order valence-corrected chi connectivity index (χ3v) is 6.54. The zero-order valence-electron chi connectivity index (χ0n) is 18.0. The van der Waals surface area contributed by atoms with Crippen LogP contribution in [0.15, 0.2) is 28.7 Å². The van der Waals surface area contributed by atoms with Crippen molar-refractivity contribution in [3.8, 4) is 0 Å². The number of oxazole rings is 1. The van der Waals surface area contributed by atoms with Crippen LogP contribution in [0, 0.1) is 5.92 Å². The van der Waals surface area contributed by atoms with Crippen molar-refractivity contribution >= 4 is 23.0 Å². The first-order valence-corrected chi connectivity index (χ1v) is 11.3. The molecule has 4 rings (SSSR count). The summed E-state index contributed by atoms with van der Waals surface area (Å²) in [4.78, 5) is 36.1. The lowest BCUT2D eigenvalue weighted by Crippen LogP contribution is -2.49. The number of amides is 3. The van der Waals surface area contributed by atoms with Crippen LogP contribution in [-0.4, -0.2) is 70.9 Å². The first-order valence-electron chi connectivity index (χ1n) is 11.3. The number of nitrogens with zero attached hydrogens (tertiary/aromatic N) is 4. The average molecular weight is 413 g/mol. The second-order valence-corrected chi connectivity index (χ2v) is 8.36. The molecule has 1 aromatic heterocycles. The van der Waals surface area contributed by atoms with Crippen molar-refractivity contribution in [2.24, 2.45) is 5.92 Å². The fourth-order valence-electron chi connectivity index (χ4n) is 4.71. The summed E-state index contributed by atoms with van der Waals surface area (Å²) >= 11 is 0. The Balaban J connectivity index is 1.35. The molecule has 0 radical (unpaired) electrons. The van der Waals surface area contributed by atoms with Gasteiger partial charge < -0.3 is 19.1 Å². The van der Waals surface area contributed by atoms with Gasteiger partial charge in [0.25, 0.3) is 0 Å². The number of carbonyl (C=O) groups excluding carboxylic acids is 2. The number of carbonyl (C=O) groups is 2. The maximum Gasteiger partial charge on any atom is 0.319 e. The average Bonchev–Trinajstić information content (AvgIpc) is 3.24. The molecule has 3 amide bonds. The van der Waals surface area contributed by atoms with Crippen molar-refractivity contribution < 1.29 is 14.0 Å². The molecule has 1 atom stereocenters. The van der Waals surface area contributed by atoms with E-state index in [2.05, 4.69) is 4.98 Å². The lowest BCUT2D eigenvalue weighted by atomic mass is 9.92. The molecule has 7 heteroatoms. The first kappa shape index (κ1) is 20.7. The standard InChI is InChI=1S/C23H32N4O3/c1-3-25(4-2)23(29)26-14-11-17(12-15-26)22(28)27-13-7-8-18(16-27)21-24-19-9-5-6-10-20(19)30-21/h5-6,9-10,17-18H,3-4,7-8,11-16H2,1-2H3. The van der Waals surface area contributed by atoms with Crippen molar-refractivity contribution in [3.05, 3.63) is 30.2 Å². The van der Waals surface area contributed by atoms with Gasteiger partial charge in [-0.3, -0.25) is 4.79 Å². The van der Waals surface area contributed by atoms with Gasteiger partial charge in [-0.25, -0.2) is 9.78 Å². The van der Waals surface area contributed by atoms with E-state index >= 15 is 0 Å². The van der Waals surface area contributed by atoms with Gasteiger partial charge in [0.05, 0.1) is 5.92 Å². The molecule has 2 aliphatic heterocycles. The molecule has 0 saturated carbocycles. The Morgan fingerprint density at radius 1 is 1.07 bits per heavy atom. The number of benzene rings is 1. The number of hydrogen-bond donors (Lipinski definition) is 0. The van der Waals surface area contributed by atoms with Crippen LogP contribution >= 0.6 is 0 Å². The van der Waals surface area contributed by atoms with Gasteiger partial charge >= 0.3 is 6.03 Å². The van der Waals surface area contributed by atoms with Crippen molar-refractivity contribution in [3.63, 3.8) is 0 Å². The summed E-state index contributed by atoms with van der Waals surface area (Å²) in [6.45, 7) is 8.24. The van der Waals surface area contributed by atoms with Crippen LogP contribution in [0.2, 0.25) is 0 Å². The maximum absolute atomic E-state index is 13.2. The Morgan fingerprint density at radius 2 is 1.80 bits per heavy atom. The lowest BCUT2D eigenvalue weighted by Gasteiger charge is -2.38. The maximum atomic E-state index is 13.2. The van der Waals surface area contributed by atoms with Gasteiger partial charge in [0.15, 0.2) is 11.5 Å². The second kappa shape index (κ2) is 9.06. The van der Waals surface area contributed by atoms with Crippen LogP contribution in [0.5, 0.6) is 0 Å². The van der Waals surface area contributed by atoms with E-state index in [-0.39, 0.29) is 23.8 Å². The summed E-state index contributed by atoms with van der Waals surface area (Å²) in [5, 5.41) is 0. The van der Waals surface area contributed by atoms with Crippen LogP contribution in [0.1, 0.15) is 51.3 Å². The highest BCUT2D eigenvalue weighted by molar-refractivity contribution is 5.80. The number of fused-ring (bicyclic) bond motifs is 1. The molecule has 2 fully saturated rings. The van der Waals surface area contributed by atoms with Gasteiger partial charge in [-0.2, -0.15) is 0 Å². The van der Waals surface area contributed by atoms with Gasteiger partial charge in [-0.1, -0.05) is 12.1 Å². The predicted octanol–water partition coefficient (Wildman–Crippen LogP) is 3.71. The second-order valence-electron chi connectivity index (χ2n) is 8.36. The molecule has 0 aliphatic carbocycles. The molecule has 7 nitrogen and oxygen atoms in total. The first-order chi connectivity index (χ1) is 14.6. The molecular formula is C23H32N4O3. The highest BCUT2D eigenvalue weighted by atomic mass is 16.3. The highest BCUT2D eigenvalue weighted by Gasteiger charge is 2.34. The minimum Gasteiger partial charge on any atom is -0.440 e. The van der Waals surface area contributed by atoms with Crippen molar-refractivity contribution in [2.45, 2.75) is 45.4 Å². The molecule has 162 valence electrons. The number of piperidine rings is 2. The fourth-order valence-corrected chi connectivity index (χ4v) is 4.71. The summed E-state index contributed by atoms with van der Waals surface area (Å²) in [5.41, 5.74) is 1.68.